The van der Waals surface area contributed by atoms with Gasteiger partial charge in [0.15, 0.2) is 5.82 Å². The Balaban J connectivity index is 0.000000196. The fourth-order valence-corrected chi connectivity index (χ4v) is 3.62. The van der Waals surface area contributed by atoms with Gasteiger partial charge in [0.25, 0.3) is 0 Å². The quantitative estimate of drug-likeness (QED) is 0.324. The van der Waals surface area contributed by atoms with E-state index in [0.29, 0.717) is 5.92 Å². The molecule has 3 aromatic carbocycles. The zero-order valence-electron chi connectivity index (χ0n) is 18.7. The van der Waals surface area contributed by atoms with Gasteiger partial charge < -0.3 is 4.57 Å². The lowest BCUT2D eigenvalue weighted by molar-refractivity contribution is 0.665. The summed E-state index contributed by atoms with van der Waals surface area (Å²) >= 11 is 5.79. The van der Waals surface area contributed by atoms with E-state index in [1.807, 2.05) is 36.7 Å². The number of rotatable bonds is 5. The normalized spacial score (nSPS) is 11.5. The number of benzene rings is 3. The first kappa shape index (κ1) is 22.8. The van der Waals surface area contributed by atoms with E-state index in [9.17, 15) is 0 Å². The average molecular weight is 432 g/mol. The van der Waals surface area contributed by atoms with Crippen LogP contribution in [0.25, 0.3) is 22.5 Å². The van der Waals surface area contributed by atoms with Crippen molar-refractivity contribution in [3.8, 4) is 22.5 Å². The van der Waals surface area contributed by atoms with Crippen LogP contribution in [-0.4, -0.2) is 14.8 Å². The minimum atomic E-state index is 0.660. The van der Waals surface area contributed by atoms with Gasteiger partial charge in [-0.15, -0.1) is 10.2 Å². The lowest BCUT2D eigenvalue weighted by Crippen LogP contribution is -1.94. The molecule has 0 fully saturated rings. The van der Waals surface area contributed by atoms with Crippen molar-refractivity contribution >= 4 is 11.6 Å². The number of halogens is 1. The van der Waals surface area contributed by atoms with Crippen molar-refractivity contribution in [2.24, 2.45) is 7.05 Å². The van der Waals surface area contributed by atoms with Gasteiger partial charge in [0.1, 0.15) is 5.82 Å². The predicted octanol–water partition coefficient (Wildman–Crippen LogP) is 7.70. The third kappa shape index (κ3) is 6.05. The molecule has 1 aromatic heterocycles. The van der Waals surface area contributed by atoms with Crippen LogP contribution >= 0.6 is 11.6 Å². The van der Waals surface area contributed by atoms with Crippen molar-refractivity contribution in [3.63, 3.8) is 0 Å². The van der Waals surface area contributed by atoms with Gasteiger partial charge in [-0.05, 0) is 48.1 Å². The maximum atomic E-state index is 5.79. The summed E-state index contributed by atoms with van der Waals surface area (Å²) < 4.78 is 2.00. The molecule has 4 aromatic rings. The van der Waals surface area contributed by atoms with Crippen LogP contribution in [0.2, 0.25) is 5.02 Å². The van der Waals surface area contributed by atoms with Crippen LogP contribution in [0.4, 0.5) is 0 Å². The summed E-state index contributed by atoms with van der Waals surface area (Å²) in [4.78, 5) is 0. The molecule has 4 rings (SSSR count). The largest absolute Gasteiger partial charge is 0.314 e. The minimum Gasteiger partial charge on any atom is -0.314 e. The Kier molecular flexibility index (Phi) is 8.02. The molecule has 0 aliphatic carbocycles. The Labute approximate surface area is 190 Å². The van der Waals surface area contributed by atoms with Crippen LogP contribution in [0.5, 0.6) is 0 Å². The molecule has 0 aliphatic heterocycles. The summed E-state index contributed by atoms with van der Waals surface area (Å²) in [6, 6.07) is 26.9. The molecule has 160 valence electrons. The van der Waals surface area contributed by atoms with E-state index in [4.69, 9.17) is 11.6 Å². The number of aromatic nitrogens is 3. The highest BCUT2D eigenvalue weighted by Crippen LogP contribution is 2.24. The standard InChI is InChI=1S/C16H15N3.C11H15Cl/c1-12-17-18-16(19(12)2)15-10-8-14(9-11-15)13-6-4-3-5-7-13;1-3-4-9(2)10-5-7-11(12)8-6-10/h3-11H,1-2H3;5-9H,3-4H2,1-2H3. The fourth-order valence-electron chi connectivity index (χ4n) is 3.49. The molecule has 0 saturated carbocycles. The molecule has 1 unspecified atom stereocenters. The van der Waals surface area contributed by atoms with Crippen molar-refractivity contribution in [1.29, 1.82) is 0 Å². The highest BCUT2D eigenvalue weighted by atomic mass is 35.5. The Hall–Kier alpha value is -2.91. The Bertz CT molecular complexity index is 1070. The maximum absolute atomic E-state index is 5.79. The van der Waals surface area contributed by atoms with Crippen molar-refractivity contribution < 1.29 is 0 Å². The molecule has 0 saturated heterocycles. The molecule has 3 nitrogen and oxygen atoms in total. The predicted molar refractivity (Wildman–Crippen MR) is 131 cm³/mol. The zero-order valence-corrected chi connectivity index (χ0v) is 19.5. The van der Waals surface area contributed by atoms with Gasteiger partial charge in [-0.2, -0.15) is 0 Å². The Morgan fingerprint density at radius 2 is 1.39 bits per heavy atom. The first-order valence-electron chi connectivity index (χ1n) is 10.8. The molecule has 31 heavy (non-hydrogen) atoms. The molecule has 0 bridgehead atoms. The van der Waals surface area contributed by atoms with Crippen LogP contribution in [0.1, 0.15) is 44.0 Å². The van der Waals surface area contributed by atoms with Crippen molar-refractivity contribution in [3.05, 3.63) is 95.3 Å². The lowest BCUT2D eigenvalue weighted by Gasteiger charge is -2.09. The van der Waals surface area contributed by atoms with Gasteiger partial charge in [0.2, 0.25) is 0 Å². The molecule has 0 N–H and O–H groups in total. The summed E-state index contributed by atoms with van der Waals surface area (Å²) in [5, 5.41) is 9.11. The molecule has 1 atom stereocenters. The second kappa shape index (κ2) is 10.9. The molecular formula is C27H30ClN3. The number of nitrogens with zero attached hydrogens (tertiary/aromatic N) is 3. The summed E-state index contributed by atoms with van der Waals surface area (Å²) in [6.07, 6.45) is 2.49. The van der Waals surface area contributed by atoms with Gasteiger partial charge in [0, 0.05) is 17.6 Å². The molecule has 0 radical (unpaired) electrons. The van der Waals surface area contributed by atoms with E-state index in [-0.39, 0.29) is 0 Å². The average Bonchev–Trinajstić information content (AvgIpc) is 3.14. The molecule has 0 spiro atoms. The molecule has 4 heteroatoms. The van der Waals surface area contributed by atoms with Crippen molar-refractivity contribution in [2.45, 2.75) is 39.5 Å². The zero-order chi connectivity index (χ0) is 22.2. The SMILES string of the molecule is CCCC(C)c1ccc(Cl)cc1.Cc1nnc(-c2ccc(-c3ccccc3)cc2)n1C. The number of aryl methyl sites for hydroxylation is 1. The van der Waals surface area contributed by atoms with Gasteiger partial charge in [-0.1, -0.05) is 98.6 Å². The Morgan fingerprint density at radius 1 is 0.806 bits per heavy atom. The smallest absolute Gasteiger partial charge is 0.163 e. The molecule has 0 aliphatic rings. The van der Waals surface area contributed by atoms with Crippen LogP contribution in [0.15, 0.2) is 78.9 Å². The van der Waals surface area contributed by atoms with Gasteiger partial charge in [-0.25, -0.2) is 0 Å². The summed E-state index contributed by atoms with van der Waals surface area (Å²) in [6.45, 7) is 6.42. The lowest BCUT2D eigenvalue weighted by atomic mass is 9.97. The van der Waals surface area contributed by atoms with Crippen LogP contribution in [0.3, 0.4) is 0 Å². The maximum Gasteiger partial charge on any atom is 0.163 e. The van der Waals surface area contributed by atoms with Crippen molar-refractivity contribution in [1.82, 2.24) is 14.8 Å². The topological polar surface area (TPSA) is 30.7 Å². The Morgan fingerprint density at radius 3 is 1.94 bits per heavy atom. The fraction of sp³-hybridized carbons (Fsp3) is 0.259. The van der Waals surface area contributed by atoms with Crippen LogP contribution in [-0.2, 0) is 7.05 Å². The molecular weight excluding hydrogens is 402 g/mol. The minimum absolute atomic E-state index is 0.660. The second-order valence-corrected chi connectivity index (χ2v) is 8.25. The van der Waals surface area contributed by atoms with Crippen molar-refractivity contribution in [2.75, 3.05) is 0 Å². The summed E-state index contributed by atoms with van der Waals surface area (Å²) in [5.41, 5.74) is 4.91. The van der Waals surface area contributed by atoms with E-state index < -0.39 is 0 Å². The van der Waals surface area contributed by atoms with E-state index in [1.54, 1.807) is 0 Å². The van der Waals surface area contributed by atoms with E-state index >= 15 is 0 Å². The van der Waals surface area contributed by atoms with E-state index in [1.165, 1.54) is 29.5 Å². The first-order chi connectivity index (χ1) is 15.0. The highest BCUT2D eigenvalue weighted by molar-refractivity contribution is 6.30. The summed E-state index contributed by atoms with van der Waals surface area (Å²) in [7, 11) is 1.98. The number of hydrogen-bond acceptors (Lipinski definition) is 2. The number of hydrogen-bond donors (Lipinski definition) is 0. The van der Waals surface area contributed by atoms with Crippen LogP contribution < -0.4 is 0 Å². The summed E-state index contributed by atoms with van der Waals surface area (Å²) in [5.74, 6) is 2.48. The van der Waals surface area contributed by atoms with Gasteiger partial charge >= 0.3 is 0 Å². The van der Waals surface area contributed by atoms with Crippen LogP contribution in [0, 0.1) is 6.92 Å². The molecule has 0 amide bonds. The van der Waals surface area contributed by atoms with Gasteiger partial charge in [-0.3, -0.25) is 0 Å². The first-order valence-corrected chi connectivity index (χ1v) is 11.1. The highest BCUT2D eigenvalue weighted by Gasteiger charge is 2.07. The second-order valence-electron chi connectivity index (χ2n) is 7.81. The third-order valence-electron chi connectivity index (χ3n) is 5.50. The monoisotopic (exact) mass is 431 g/mol. The third-order valence-corrected chi connectivity index (χ3v) is 5.76. The molecule has 1 heterocycles. The van der Waals surface area contributed by atoms with E-state index in [0.717, 1.165) is 22.2 Å². The van der Waals surface area contributed by atoms with Gasteiger partial charge in [0.05, 0.1) is 0 Å². The van der Waals surface area contributed by atoms with E-state index in [2.05, 4.69) is 84.7 Å².